The summed E-state index contributed by atoms with van der Waals surface area (Å²) >= 11 is 5.21. The fraction of sp³-hybridized carbons (Fsp3) is 0.263. The van der Waals surface area contributed by atoms with Crippen LogP contribution in [0.3, 0.4) is 0 Å². The van der Waals surface area contributed by atoms with E-state index in [1.54, 1.807) is 24.3 Å². The van der Waals surface area contributed by atoms with Crippen LogP contribution in [0, 0.1) is 0 Å². The molecule has 1 amide bonds. The highest BCUT2D eigenvalue weighted by atomic mass is 32.1. The van der Waals surface area contributed by atoms with Crippen LogP contribution in [0.5, 0.6) is 11.5 Å². The third kappa shape index (κ3) is 6.08. The van der Waals surface area contributed by atoms with Crippen LogP contribution >= 0.6 is 12.2 Å². The van der Waals surface area contributed by atoms with Crippen LogP contribution in [-0.2, 0) is 0 Å². The Morgan fingerprint density at radius 1 is 1.04 bits per heavy atom. The van der Waals surface area contributed by atoms with Crippen LogP contribution in [0.4, 0.5) is 5.69 Å². The number of amides is 1. The molecule has 2 rings (SSSR count). The molecule has 0 heterocycles. The van der Waals surface area contributed by atoms with Crippen molar-refractivity contribution >= 4 is 28.9 Å². The molecule has 2 N–H and O–H groups in total. The molecule has 0 aliphatic carbocycles. The van der Waals surface area contributed by atoms with E-state index >= 15 is 0 Å². The lowest BCUT2D eigenvalue weighted by atomic mass is 10.2. The third-order valence-electron chi connectivity index (χ3n) is 3.20. The van der Waals surface area contributed by atoms with Gasteiger partial charge in [-0.25, -0.2) is 0 Å². The molecule has 2 aromatic rings. The number of nitrogens with one attached hydrogen (secondary N) is 2. The smallest absolute Gasteiger partial charge is 0.257 e. The Balaban J connectivity index is 1.95. The molecule has 0 aromatic heterocycles. The molecule has 0 aliphatic rings. The standard InChI is InChI=1S/C19H22N2O3S/c1-3-11-24-17-10-6-8-15(13-17)20-19(25)21-18(22)14-7-5-9-16(12-14)23-4-2/h5-10,12-13H,3-4,11H2,1-2H3,(H2,20,21,22,25). The van der Waals surface area contributed by atoms with Gasteiger partial charge in [-0.2, -0.15) is 0 Å². The minimum Gasteiger partial charge on any atom is -0.494 e. The summed E-state index contributed by atoms with van der Waals surface area (Å²) in [6, 6.07) is 14.4. The zero-order chi connectivity index (χ0) is 18.1. The third-order valence-corrected chi connectivity index (χ3v) is 3.40. The van der Waals surface area contributed by atoms with E-state index in [0.29, 0.717) is 24.5 Å². The lowest BCUT2D eigenvalue weighted by Gasteiger charge is -2.12. The van der Waals surface area contributed by atoms with E-state index in [-0.39, 0.29) is 11.0 Å². The van der Waals surface area contributed by atoms with E-state index in [9.17, 15) is 4.79 Å². The molecule has 25 heavy (non-hydrogen) atoms. The van der Waals surface area contributed by atoms with Crippen LogP contribution in [-0.4, -0.2) is 24.2 Å². The molecule has 5 nitrogen and oxygen atoms in total. The monoisotopic (exact) mass is 358 g/mol. The van der Waals surface area contributed by atoms with Gasteiger partial charge in [0.15, 0.2) is 5.11 Å². The molecule has 0 spiro atoms. The summed E-state index contributed by atoms with van der Waals surface area (Å²) in [4.78, 5) is 12.3. The average Bonchev–Trinajstić information content (AvgIpc) is 2.60. The zero-order valence-corrected chi connectivity index (χ0v) is 15.2. The van der Waals surface area contributed by atoms with Crippen molar-refractivity contribution in [3.05, 3.63) is 54.1 Å². The van der Waals surface area contributed by atoms with Crippen molar-refractivity contribution < 1.29 is 14.3 Å². The Morgan fingerprint density at radius 2 is 1.76 bits per heavy atom. The fourth-order valence-corrected chi connectivity index (χ4v) is 2.33. The number of carbonyl (C=O) groups is 1. The van der Waals surface area contributed by atoms with Gasteiger partial charge in [0, 0.05) is 17.3 Å². The van der Waals surface area contributed by atoms with Gasteiger partial charge in [0.1, 0.15) is 11.5 Å². The second-order valence-electron chi connectivity index (χ2n) is 5.25. The van der Waals surface area contributed by atoms with Crippen LogP contribution in [0.25, 0.3) is 0 Å². The molecule has 132 valence electrons. The molecule has 0 radical (unpaired) electrons. The molecule has 0 aliphatic heterocycles. The van der Waals surface area contributed by atoms with E-state index in [1.165, 1.54) is 0 Å². The number of carbonyl (C=O) groups excluding carboxylic acids is 1. The second kappa shape index (κ2) is 9.64. The predicted molar refractivity (Wildman–Crippen MR) is 104 cm³/mol. The first kappa shape index (κ1) is 18.7. The van der Waals surface area contributed by atoms with E-state index in [1.807, 2.05) is 38.1 Å². The van der Waals surface area contributed by atoms with Crippen molar-refractivity contribution in [2.45, 2.75) is 20.3 Å². The molecule has 0 saturated heterocycles. The number of ether oxygens (including phenoxy) is 2. The zero-order valence-electron chi connectivity index (χ0n) is 14.4. The summed E-state index contributed by atoms with van der Waals surface area (Å²) < 4.78 is 11.0. The van der Waals surface area contributed by atoms with Crippen molar-refractivity contribution in [1.82, 2.24) is 5.32 Å². The maximum absolute atomic E-state index is 12.3. The van der Waals surface area contributed by atoms with Crippen molar-refractivity contribution in [3.63, 3.8) is 0 Å². The highest BCUT2D eigenvalue weighted by Crippen LogP contribution is 2.18. The Labute approximate surface area is 153 Å². The average molecular weight is 358 g/mol. The minimum atomic E-state index is -0.294. The minimum absolute atomic E-state index is 0.222. The quantitative estimate of drug-likeness (QED) is 0.733. The van der Waals surface area contributed by atoms with Crippen LogP contribution in [0.15, 0.2) is 48.5 Å². The number of hydrogen-bond donors (Lipinski definition) is 2. The topological polar surface area (TPSA) is 59.6 Å². The molecule has 0 bridgehead atoms. The maximum Gasteiger partial charge on any atom is 0.257 e. The Kier molecular flexibility index (Phi) is 7.22. The van der Waals surface area contributed by atoms with E-state index in [0.717, 1.165) is 17.9 Å². The first-order chi connectivity index (χ1) is 12.1. The van der Waals surface area contributed by atoms with Gasteiger partial charge in [-0.05, 0) is 55.9 Å². The van der Waals surface area contributed by atoms with Crippen molar-refractivity contribution in [1.29, 1.82) is 0 Å². The predicted octanol–water partition coefficient (Wildman–Crippen LogP) is 4.00. The molecule has 6 heteroatoms. The summed E-state index contributed by atoms with van der Waals surface area (Å²) in [7, 11) is 0. The van der Waals surface area contributed by atoms with Gasteiger partial charge < -0.3 is 14.8 Å². The Hall–Kier alpha value is -2.60. The van der Waals surface area contributed by atoms with E-state index in [4.69, 9.17) is 21.7 Å². The molecular formula is C19H22N2O3S. The van der Waals surface area contributed by atoms with Gasteiger partial charge in [-0.15, -0.1) is 0 Å². The second-order valence-corrected chi connectivity index (χ2v) is 5.65. The van der Waals surface area contributed by atoms with Gasteiger partial charge in [0.05, 0.1) is 13.2 Å². The number of rotatable bonds is 7. The molecular weight excluding hydrogens is 336 g/mol. The van der Waals surface area contributed by atoms with Crippen molar-refractivity contribution in [2.75, 3.05) is 18.5 Å². The lowest BCUT2D eigenvalue weighted by Crippen LogP contribution is -2.34. The van der Waals surface area contributed by atoms with Gasteiger partial charge >= 0.3 is 0 Å². The van der Waals surface area contributed by atoms with E-state index in [2.05, 4.69) is 10.6 Å². The van der Waals surface area contributed by atoms with Crippen molar-refractivity contribution in [3.8, 4) is 11.5 Å². The molecule has 0 unspecified atom stereocenters. The first-order valence-electron chi connectivity index (χ1n) is 8.20. The van der Waals surface area contributed by atoms with Crippen LogP contribution in [0.2, 0.25) is 0 Å². The fourth-order valence-electron chi connectivity index (χ4n) is 2.11. The summed E-state index contributed by atoms with van der Waals surface area (Å²) in [5, 5.41) is 5.87. The lowest BCUT2D eigenvalue weighted by molar-refractivity contribution is 0.0977. The Bertz CT molecular complexity index is 734. The maximum atomic E-state index is 12.3. The number of benzene rings is 2. The SMILES string of the molecule is CCCOc1cccc(NC(=S)NC(=O)c2cccc(OCC)c2)c1. The molecule has 0 fully saturated rings. The summed E-state index contributed by atoms with van der Waals surface area (Å²) in [6.45, 7) is 5.14. The van der Waals surface area contributed by atoms with Crippen LogP contribution < -0.4 is 20.1 Å². The molecule has 0 saturated carbocycles. The highest BCUT2D eigenvalue weighted by molar-refractivity contribution is 7.80. The highest BCUT2D eigenvalue weighted by Gasteiger charge is 2.09. The van der Waals surface area contributed by atoms with Gasteiger partial charge in [0.25, 0.3) is 5.91 Å². The Morgan fingerprint density at radius 3 is 2.48 bits per heavy atom. The molecule has 0 atom stereocenters. The summed E-state index contributed by atoms with van der Waals surface area (Å²) in [6.07, 6.45) is 0.937. The number of anilines is 1. The first-order valence-corrected chi connectivity index (χ1v) is 8.61. The summed E-state index contributed by atoms with van der Waals surface area (Å²) in [5.41, 5.74) is 1.23. The van der Waals surface area contributed by atoms with Gasteiger partial charge in [-0.1, -0.05) is 19.1 Å². The normalized spacial score (nSPS) is 10.0. The molecule has 2 aromatic carbocycles. The van der Waals surface area contributed by atoms with Crippen LogP contribution in [0.1, 0.15) is 30.6 Å². The van der Waals surface area contributed by atoms with E-state index < -0.39 is 0 Å². The van der Waals surface area contributed by atoms with Gasteiger partial charge in [-0.3, -0.25) is 10.1 Å². The number of thiocarbonyl (C=S) groups is 1. The number of hydrogen-bond acceptors (Lipinski definition) is 4. The van der Waals surface area contributed by atoms with Gasteiger partial charge in [0.2, 0.25) is 0 Å². The summed E-state index contributed by atoms with van der Waals surface area (Å²) in [5.74, 6) is 1.11. The largest absolute Gasteiger partial charge is 0.494 e. The van der Waals surface area contributed by atoms with Crippen molar-refractivity contribution in [2.24, 2.45) is 0 Å².